The zero-order valence-electron chi connectivity index (χ0n) is 16.0. The maximum atomic E-state index is 13.1. The minimum atomic E-state index is -0.294. The molecule has 1 amide bonds. The molecule has 4 aromatic rings. The molecule has 0 radical (unpaired) electrons. The van der Waals surface area contributed by atoms with Crippen LogP contribution in [0.2, 0.25) is 0 Å². The lowest BCUT2D eigenvalue weighted by atomic mass is 10.2. The molecule has 1 heterocycles. The van der Waals surface area contributed by atoms with Crippen LogP contribution in [-0.4, -0.2) is 15.5 Å². The van der Waals surface area contributed by atoms with E-state index in [1.54, 1.807) is 36.4 Å². The van der Waals surface area contributed by atoms with Gasteiger partial charge in [-0.2, -0.15) is 0 Å². The third-order valence-corrected chi connectivity index (χ3v) is 5.02. The molecule has 0 saturated carbocycles. The highest BCUT2D eigenvalue weighted by molar-refractivity contribution is 9.10. The summed E-state index contributed by atoms with van der Waals surface area (Å²) in [6.45, 7) is -0.135. The number of hydrogen-bond acceptors (Lipinski definition) is 3. The number of benzene rings is 3. The SMILES string of the molecule is O=C(Cn1c(/C=C/c2cccc(Br)c2)nc2ccccc2c1=O)Nc1ccccc1. The lowest BCUT2D eigenvalue weighted by molar-refractivity contribution is -0.116. The number of hydrogen-bond donors (Lipinski definition) is 1. The number of anilines is 1. The first-order chi connectivity index (χ1) is 14.6. The predicted molar refractivity (Wildman–Crippen MR) is 124 cm³/mol. The van der Waals surface area contributed by atoms with Gasteiger partial charge in [-0.1, -0.05) is 64.5 Å². The Bertz CT molecular complexity index is 1300. The van der Waals surface area contributed by atoms with Crippen LogP contribution in [0.25, 0.3) is 23.1 Å². The maximum absolute atomic E-state index is 13.1. The Morgan fingerprint density at radius 2 is 1.73 bits per heavy atom. The first-order valence-electron chi connectivity index (χ1n) is 9.38. The van der Waals surface area contributed by atoms with E-state index in [0.717, 1.165) is 10.0 Å². The van der Waals surface area contributed by atoms with Gasteiger partial charge in [0.25, 0.3) is 5.56 Å². The molecule has 6 heteroatoms. The number of nitrogens with one attached hydrogen (secondary N) is 1. The summed E-state index contributed by atoms with van der Waals surface area (Å²) in [6.07, 6.45) is 3.62. The van der Waals surface area contributed by atoms with E-state index in [0.29, 0.717) is 22.4 Å². The highest BCUT2D eigenvalue weighted by Gasteiger charge is 2.12. The Morgan fingerprint density at radius 3 is 2.53 bits per heavy atom. The molecule has 0 bridgehead atoms. The van der Waals surface area contributed by atoms with Gasteiger partial charge in [-0.25, -0.2) is 4.98 Å². The number of nitrogens with zero attached hydrogens (tertiary/aromatic N) is 2. The number of aromatic nitrogens is 2. The van der Waals surface area contributed by atoms with Gasteiger partial charge in [0.15, 0.2) is 0 Å². The van der Waals surface area contributed by atoms with Crippen molar-refractivity contribution in [1.82, 2.24) is 9.55 Å². The summed E-state index contributed by atoms with van der Waals surface area (Å²) in [5.74, 6) is 0.124. The van der Waals surface area contributed by atoms with Crippen molar-refractivity contribution in [2.24, 2.45) is 0 Å². The molecule has 0 spiro atoms. The molecule has 1 N–H and O–H groups in total. The van der Waals surface area contributed by atoms with E-state index < -0.39 is 0 Å². The second-order valence-electron chi connectivity index (χ2n) is 6.68. The fraction of sp³-hybridized carbons (Fsp3) is 0.0417. The summed E-state index contributed by atoms with van der Waals surface area (Å²) >= 11 is 3.45. The zero-order chi connectivity index (χ0) is 20.9. The van der Waals surface area contributed by atoms with Gasteiger partial charge in [0.05, 0.1) is 10.9 Å². The summed E-state index contributed by atoms with van der Waals surface area (Å²) < 4.78 is 2.35. The number of fused-ring (bicyclic) bond motifs is 1. The quantitative estimate of drug-likeness (QED) is 0.458. The first kappa shape index (κ1) is 19.8. The molecule has 0 aliphatic rings. The van der Waals surface area contributed by atoms with E-state index in [-0.39, 0.29) is 18.0 Å². The third-order valence-electron chi connectivity index (χ3n) is 4.52. The molecular formula is C24H18BrN3O2. The van der Waals surface area contributed by atoms with Crippen LogP contribution in [0.15, 0.2) is 88.1 Å². The number of halogens is 1. The van der Waals surface area contributed by atoms with E-state index in [9.17, 15) is 9.59 Å². The summed E-state index contributed by atoms with van der Waals surface area (Å²) in [4.78, 5) is 30.3. The largest absolute Gasteiger partial charge is 0.325 e. The van der Waals surface area contributed by atoms with Crippen LogP contribution in [0.4, 0.5) is 5.69 Å². The molecule has 0 saturated heterocycles. The molecule has 4 rings (SSSR count). The summed E-state index contributed by atoms with van der Waals surface area (Å²) in [6, 6.07) is 24.1. The highest BCUT2D eigenvalue weighted by atomic mass is 79.9. The minimum absolute atomic E-state index is 0.135. The van der Waals surface area contributed by atoms with Crippen LogP contribution < -0.4 is 10.9 Å². The number of carbonyl (C=O) groups excluding carboxylic acids is 1. The topological polar surface area (TPSA) is 64.0 Å². The van der Waals surface area contributed by atoms with Crippen LogP contribution in [0.5, 0.6) is 0 Å². The maximum Gasteiger partial charge on any atom is 0.262 e. The van der Waals surface area contributed by atoms with E-state index in [2.05, 4.69) is 26.2 Å². The summed E-state index contributed by atoms with van der Waals surface area (Å²) in [7, 11) is 0. The molecule has 3 aromatic carbocycles. The van der Waals surface area contributed by atoms with Crippen molar-refractivity contribution in [1.29, 1.82) is 0 Å². The zero-order valence-corrected chi connectivity index (χ0v) is 17.5. The predicted octanol–water partition coefficient (Wildman–Crippen LogP) is 4.97. The van der Waals surface area contributed by atoms with E-state index >= 15 is 0 Å². The second kappa shape index (κ2) is 8.88. The third kappa shape index (κ3) is 4.55. The fourth-order valence-corrected chi connectivity index (χ4v) is 3.53. The standard InChI is InChI=1S/C24H18BrN3O2/c25-18-8-6-7-17(15-18)13-14-22-27-21-12-5-4-11-20(21)24(30)28(22)16-23(29)26-19-9-2-1-3-10-19/h1-15H,16H2,(H,26,29)/b14-13+. The second-order valence-corrected chi connectivity index (χ2v) is 7.60. The smallest absolute Gasteiger partial charge is 0.262 e. The lowest BCUT2D eigenvalue weighted by Gasteiger charge is -2.12. The van der Waals surface area contributed by atoms with Gasteiger partial charge in [0.2, 0.25) is 5.91 Å². The number of amides is 1. The van der Waals surface area contributed by atoms with Crippen LogP contribution >= 0.6 is 15.9 Å². The molecule has 0 unspecified atom stereocenters. The lowest BCUT2D eigenvalue weighted by Crippen LogP contribution is -2.30. The Kier molecular flexibility index (Phi) is 5.86. The average Bonchev–Trinajstić information content (AvgIpc) is 2.75. The van der Waals surface area contributed by atoms with Crippen LogP contribution in [0.1, 0.15) is 11.4 Å². The van der Waals surface area contributed by atoms with Crippen molar-refractivity contribution in [3.8, 4) is 0 Å². The Hall–Kier alpha value is -3.51. The molecule has 1 aromatic heterocycles. The molecule has 148 valence electrons. The van der Waals surface area contributed by atoms with E-state index in [1.165, 1.54) is 4.57 Å². The van der Waals surface area contributed by atoms with E-state index in [4.69, 9.17) is 0 Å². The Labute approximate surface area is 181 Å². The monoisotopic (exact) mass is 459 g/mol. The fourth-order valence-electron chi connectivity index (χ4n) is 3.11. The number of para-hydroxylation sites is 2. The van der Waals surface area contributed by atoms with Crippen LogP contribution in [0.3, 0.4) is 0 Å². The Balaban J connectivity index is 1.72. The van der Waals surface area contributed by atoms with Crippen molar-refractivity contribution in [3.05, 3.63) is 105 Å². The van der Waals surface area contributed by atoms with Crippen molar-refractivity contribution >= 4 is 50.6 Å². The van der Waals surface area contributed by atoms with Crippen molar-refractivity contribution in [2.45, 2.75) is 6.54 Å². The molecule has 30 heavy (non-hydrogen) atoms. The van der Waals surface area contributed by atoms with Gasteiger partial charge in [-0.05, 0) is 48.0 Å². The van der Waals surface area contributed by atoms with Gasteiger partial charge >= 0.3 is 0 Å². The van der Waals surface area contributed by atoms with Crippen molar-refractivity contribution < 1.29 is 4.79 Å². The molecule has 0 fully saturated rings. The number of carbonyl (C=O) groups is 1. The van der Waals surface area contributed by atoms with Crippen LogP contribution in [-0.2, 0) is 11.3 Å². The van der Waals surface area contributed by atoms with Crippen LogP contribution in [0, 0.1) is 0 Å². The normalized spacial score (nSPS) is 11.1. The highest BCUT2D eigenvalue weighted by Crippen LogP contribution is 2.15. The van der Waals surface area contributed by atoms with Gasteiger partial charge in [-0.3, -0.25) is 14.2 Å². The molecule has 0 atom stereocenters. The van der Waals surface area contributed by atoms with Gasteiger partial charge in [0.1, 0.15) is 12.4 Å². The van der Waals surface area contributed by atoms with Gasteiger partial charge in [0, 0.05) is 10.2 Å². The minimum Gasteiger partial charge on any atom is -0.325 e. The average molecular weight is 460 g/mol. The number of rotatable bonds is 5. The van der Waals surface area contributed by atoms with Gasteiger partial charge < -0.3 is 5.32 Å². The molecule has 0 aliphatic carbocycles. The summed E-state index contributed by atoms with van der Waals surface area (Å²) in [5.41, 5.74) is 1.97. The van der Waals surface area contributed by atoms with Crippen molar-refractivity contribution in [2.75, 3.05) is 5.32 Å². The Morgan fingerprint density at radius 1 is 0.967 bits per heavy atom. The molecule has 5 nitrogen and oxygen atoms in total. The first-order valence-corrected chi connectivity index (χ1v) is 10.2. The molecule has 0 aliphatic heterocycles. The summed E-state index contributed by atoms with van der Waals surface area (Å²) in [5, 5.41) is 3.29. The van der Waals surface area contributed by atoms with E-state index in [1.807, 2.05) is 54.6 Å². The molecular weight excluding hydrogens is 442 g/mol. The van der Waals surface area contributed by atoms with Crippen molar-refractivity contribution in [3.63, 3.8) is 0 Å². The van der Waals surface area contributed by atoms with Gasteiger partial charge in [-0.15, -0.1) is 0 Å².